The van der Waals surface area contributed by atoms with Gasteiger partial charge in [-0.05, 0) is 76.4 Å². The van der Waals surface area contributed by atoms with Crippen LogP contribution in [0, 0.1) is 11.9 Å². The molecule has 5 rings (SSSR count). The summed E-state index contributed by atoms with van der Waals surface area (Å²) in [6.07, 6.45) is 9.70. The van der Waals surface area contributed by atoms with Gasteiger partial charge >= 0.3 is 5.97 Å². The van der Waals surface area contributed by atoms with Crippen LogP contribution < -0.4 is 0 Å². The van der Waals surface area contributed by atoms with E-state index in [2.05, 4.69) is 21.2 Å². The number of benzene rings is 2. The van der Waals surface area contributed by atoms with Gasteiger partial charge in [-0.15, -0.1) is 0 Å². The highest BCUT2D eigenvalue weighted by atomic mass is 19.1. The molecule has 33 heavy (non-hydrogen) atoms. The van der Waals surface area contributed by atoms with E-state index in [1.807, 2.05) is 54.7 Å². The van der Waals surface area contributed by atoms with Gasteiger partial charge in [-0.1, -0.05) is 42.8 Å². The number of hydrogen-bond donors (Lipinski definition) is 2. The van der Waals surface area contributed by atoms with Crippen molar-refractivity contribution in [2.45, 2.75) is 19.3 Å². The van der Waals surface area contributed by atoms with E-state index in [1.54, 1.807) is 12.3 Å². The van der Waals surface area contributed by atoms with Gasteiger partial charge in [-0.2, -0.15) is 9.49 Å². The number of carboxylic acids is 1. The van der Waals surface area contributed by atoms with Gasteiger partial charge in [0.2, 0.25) is 5.95 Å². The lowest BCUT2D eigenvalue weighted by atomic mass is 9.73. The Bertz CT molecular complexity index is 1370. The van der Waals surface area contributed by atoms with Gasteiger partial charge in [0.1, 0.15) is 0 Å². The van der Waals surface area contributed by atoms with Gasteiger partial charge in [0.15, 0.2) is 0 Å². The summed E-state index contributed by atoms with van der Waals surface area (Å²) in [7, 11) is 0. The van der Waals surface area contributed by atoms with Crippen molar-refractivity contribution in [2.24, 2.45) is 5.92 Å². The maximum Gasteiger partial charge on any atom is 0.328 e. The molecular formula is C27H22FN3O2. The number of aromatic nitrogens is 3. The molecule has 2 aromatic heterocycles. The number of carbonyl (C=O) groups is 1. The smallest absolute Gasteiger partial charge is 0.328 e. The van der Waals surface area contributed by atoms with Crippen molar-refractivity contribution in [3.63, 3.8) is 0 Å². The molecule has 0 radical (unpaired) electrons. The highest BCUT2D eigenvalue weighted by molar-refractivity contribution is 6.01. The first-order chi connectivity index (χ1) is 16.1. The number of carboxylic acid groups (broad SMARTS) is 1. The summed E-state index contributed by atoms with van der Waals surface area (Å²) in [6, 6.07) is 17.4. The van der Waals surface area contributed by atoms with E-state index >= 15 is 0 Å². The highest BCUT2D eigenvalue weighted by Crippen LogP contribution is 2.45. The first-order valence-corrected chi connectivity index (χ1v) is 10.9. The number of H-pyrrole nitrogens is 1. The van der Waals surface area contributed by atoms with Crippen LogP contribution in [0.15, 0.2) is 73.1 Å². The molecular weight excluding hydrogens is 417 g/mol. The molecule has 0 amide bonds. The Morgan fingerprint density at radius 3 is 2.52 bits per heavy atom. The molecule has 1 fully saturated rings. The third-order valence-corrected chi connectivity index (χ3v) is 6.17. The summed E-state index contributed by atoms with van der Waals surface area (Å²) in [4.78, 5) is 15.2. The molecule has 5 nitrogen and oxygen atoms in total. The average molecular weight is 439 g/mol. The van der Waals surface area contributed by atoms with E-state index < -0.39 is 11.9 Å². The Kier molecular flexibility index (Phi) is 5.57. The molecule has 6 heteroatoms. The molecule has 0 unspecified atom stereocenters. The van der Waals surface area contributed by atoms with Gasteiger partial charge in [-0.25, -0.2) is 4.79 Å². The quantitative estimate of drug-likeness (QED) is 0.364. The summed E-state index contributed by atoms with van der Waals surface area (Å²) >= 11 is 0. The predicted octanol–water partition coefficient (Wildman–Crippen LogP) is 5.95. The SMILES string of the molecule is O=C(O)C=Cc1ccc(C(=C(c2cccnc2)C2CCC2)c2ccc3n[nH]c(F)c3c2)cc1. The van der Waals surface area contributed by atoms with Crippen LogP contribution in [0.5, 0.6) is 0 Å². The van der Waals surface area contributed by atoms with Crippen molar-refractivity contribution in [3.8, 4) is 0 Å². The molecule has 164 valence electrons. The van der Waals surface area contributed by atoms with Crippen molar-refractivity contribution >= 4 is 34.1 Å². The monoisotopic (exact) mass is 439 g/mol. The standard InChI is InChI=1S/C27H22FN3O2/c28-27-22-15-20(11-12-23(22)30-31-27)25(19-9-6-17(7-10-19)8-13-24(32)33)26(18-3-1-4-18)21-5-2-14-29-16-21/h2,5-16,18H,1,3-4H2,(H,30,31)(H,32,33). The first-order valence-electron chi connectivity index (χ1n) is 10.9. The fourth-order valence-electron chi connectivity index (χ4n) is 4.34. The number of allylic oxidation sites excluding steroid dienone is 1. The van der Waals surface area contributed by atoms with E-state index in [4.69, 9.17) is 5.11 Å². The number of hydrogen-bond acceptors (Lipinski definition) is 3. The van der Waals surface area contributed by atoms with Gasteiger partial charge < -0.3 is 5.11 Å². The number of pyridine rings is 1. The minimum Gasteiger partial charge on any atom is -0.478 e. The molecule has 0 bridgehead atoms. The number of aromatic amines is 1. The Hall–Kier alpha value is -4.06. The van der Waals surface area contributed by atoms with Gasteiger partial charge in [0, 0.05) is 18.5 Å². The van der Waals surface area contributed by atoms with Crippen molar-refractivity contribution in [1.29, 1.82) is 0 Å². The third kappa shape index (κ3) is 4.20. The Morgan fingerprint density at radius 1 is 1.06 bits per heavy atom. The topological polar surface area (TPSA) is 78.9 Å². The van der Waals surface area contributed by atoms with E-state index in [0.717, 1.165) is 46.7 Å². The molecule has 1 aliphatic carbocycles. The predicted molar refractivity (Wildman–Crippen MR) is 127 cm³/mol. The van der Waals surface area contributed by atoms with Gasteiger partial charge in [0.05, 0.1) is 10.9 Å². The molecule has 0 saturated heterocycles. The summed E-state index contributed by atoms with van der Waals surface area (Å²) in [6.45, 7) is 0. The highest BCUT2D eigenvalue weighted by Gasteiger charge is 2.27. The summed E-state index contributed by atoms with van der Waals surface area (Å²) < 4.78 is 14.4. The minimum atomic E-state index is -0.987. The normalized spacial score (nSPS) is 14.9. The molecule has 4 aromatic rings. The number of aliphatic carboxylic acids is 1. The zero-order valence-corrected chi connectivity index (χ0v) is 17.8. The molecule has 2 N–H and O–H groups in total. The molecule has 1 aliphatic rings. The summed E-state index contributed by atoms with van der Waals surface area (Å²) in [5, 5.41) is 15.8. The molecule has 2 heterocycles. The van der Waals surface area contributed by atoms with Crippen LogP contribution in [0.25, 0.3) is 28.1 Å². The maximum atomic E-state index is 14.4. The zero-order valence-electron chi connectivity index (χ0n) is 17.8. The molecule has 0 aliphatic heterocycles. The van der Waals surface area contributed by atoms with Gasteiger partial charge in [0.25, 0.3) is 0 Å². The summed E-state index contributed by atoms with van der Waals surface area (Å²) in [5.74, 6) is -1.05. The lowest BCUT2D eigenvalue weighted by molar-refractivity contribution is -0.131. The second-order valence-corrected chi connectivity index (χ2v) is 8.22. The van der Waals surface area contributed by atoms with Gasteiger partial charge in [-0.3, -0.25) is 10.1 Å². The number of fused-ring (bicyclic) bond motifs is 1. The van der Waals surface area contributed by atoms with Crippen LogP contribution in [0.1, 0.15) is 41.5 Å². The third-order valence-electron chi connectivity index (χ3n) is 6.17. The van der Waals surface area contributed by atoms with E-state index in [-0.39, 0.29) is 0 Å². The Balaban J connectivity index is 1.73. The van der Waals surface area contributed by atoms with Crippen LogP contribution in [-0.2, 0) is 4.79 Å². The van der Waals surface area contributed by atoms with Crippen LogP contribution in [0.4, 0.5) is 4.39 Å². The first kappa shape index (κ1) is 20.8. The minimum absolute atomic E-state index is 0.390. The zero-order chi connectivity index (χ0) is 22.8. The Labute approximate surface area is 190 Å². The van der Waals surface area contributed by atoms with Crippen molar-refractivity contribution in [3.05, 3.63) is 101 Å². The number of nitrogens with one attached hydrogen (secondary N) is 1. The number of rotatable bonds is 6. The fraction of sp³-hybridized carbons (Fsp3) is 0.148. The fourth-order valence-corrected chi connectivity index (χ4v) is 4.34. The second kappa shape index (κ2) is 8.82. The van der Waals surface area contributed by atoms with Crippen LogP contribution in [-0.4, -0.2) is 26.3 Å². The molecule has 0 atom stereocenters. The maximum absolute atomic E-state index is 14.4. The number of nitrogens with zero attached hydrogens (tertiary/aromatic N) is 2. The van der Waals surface area contributed by atoms with Crippen LogP contribution >= 0.6 is 0 Å². The van der Waals surface area contributed by atoms with Crippen LogP contribution in [0.2, 0.25) is 0 Å². The van der Waals surface area contributed by atoms with E-state index in [0.29, 0.717) is 16.8 Å². The van der Waals surface area contributed by atoms with E-state index in [1.165, 1.54) is 12.0 Å². The summed E-state index contributed by atoms with van der Waals surface area (Å²) in [5.41, 5.74) is 6.55. The molecule has 1 saturated carbocycles. The van der Waals surface area contributed by atoms with Crippen molar-refractivity contribution in [1.82, 2.24) is 15.2 Å². The Morgan fingerprint density at radius 2 is 1.85 bits per heavy atom. The largest absolute Gasteiger partial charge is 0.478 e. The lowest BCUT2D eigenvalue weighted by Gasteiger charge is -2.31. The van der Waals surface area contributed by atoms with E-state index in [9.17, 15) is 9.18 Å². The molecule has 0 spiro atoms. The lowest BCUT2D eigenvalue weighted by Crippen LogP contribution is -2.15. The van der Waals surface area contributed by atoms with Crippen molar-refractivity contribution in [2.75, 3.05) is 0 Å². The number of halogens is 1. The second-order valence-electron chi connectivity index (χ2n) is 8.22. The van der Waals surface area contributed by atoms with Crippen molar-refractivity contribution < 1.29 is 14.3 Å². The van der Waals surface area contributed by atoms with Crippen LogP contribution in [0.3, 0.4) is 0 Å². The molecule has 2 aromatic carbocycles. The average Bonchev–Trinajstić information content (AvgIpc) is 3.17.